The van der Waals surface area contributed by atoms with Crippen LogP contribution in [0.5, 0.6) is 0 Å². The van der Waals surface area contributed by atoms with Gasteiger partial charge in [-0.3, -0.25) is 4.79 Å². The zero-order valence-corrected chi connectivity index (χ0v) is 13.0. The molecule has 0 saturated carbocycles. The van der Waals surface area contributed by atoms with Crippen molar-refractivity contribution < 1.29 is 9.90 Å². The summed E-state index contributed by atoms with van der Waals surface area (Å²) in [6.07, 6.45) is 0.256. The Morgan fingerprint density at radius 2 is 1.86 bits per heavy atom. The fraction of sp³-hybridized carbons (Fsp3) is 0.235. The molecule has 0 aliphatic carbocycles. The fourth-order valence-corrected chi connectivity index (χ4v) is 3.00. The first-order valence-corrected chi connectivity index (χ1v) is 7.74. The molecule has 0 saturated heterocycles. The summed E-state index contributed by atoms with van der Waals surface area (Å²) in [5, 5.41) is 12.8. The van der Waals surface area contributed by atoms with Crippen LogP contribution in [0.1, 0.15) is 31.9 Å². The second-order valence-corrected chi connectivity index (χ2v) is 5.88. The van der Waals surface area contributed by atoms with Crippen LogP contribution in [0.3, 0.4) is 0 Å². The molecule has 2 N–H and O–H groups in total. The minimum Gasteiger partial charge on any atom is -0.388 e. The van der Waals surface area contributed by atoms with Crippen LogP contribution in [0.4, 0.5) is 5.69 Å². The number of aliphatic hydroxyl groups is 1. The highest BCUT2D eigenvalue weighted by molar-refractivity contribution is 7.99. The number of hydrogen-bond donors (Lipinski definition) is 2. The van der Waals surface area contributed by atoms with E-state index in [0.717, 1.165) is 21.0 Å². The first kappa shape index (κ1) is 15.6. The van der Waals surface area contributed by atoms with Gasteiger partial charge in [0.15, 0.2) is 0 Å². The smallest absolute Gasteiger partial charge is 0.221 e. The molecule has 0 bridgehead atoms. The van der Waals surface area contributed by atoms with E-state index in [1.165, 1.54) is 6.92 Å². The Morgan fingerprint density at radius 1 is 1.19 bits per heavy atom. The Labute approximate surface area is 129 Å². The lowest BCUT2D eigenvalue weighted by Gasteiger charge is -2.13. The summed E-state index contributed by atoms with van der Waals surface area (Å²) in [5.74, 6) is -0.0770. The lowest BCUT2D eigenvalue weighted by molar-refractivity contribution is -0.114. The van der Waals surface area contributed by atoms with Crippen LogP contribution < -0.4 is 5.32 Å². The quantitative estimate of drug-likeness (QED) is 0.868. The third kappa shape index (κ3) is 4.34. The van der Waals surface area contributed by atoms with Crippen LogP contribution in [-0.2, 0) is 4.79 Å². The molecule has 0 aromatic heterocycles. The van der Waals surface area contributed by atoms with Crippen LogP contribution in [-0.4, -0.2) is 11.0 Å². The summed E-state index contributed by atoms with van der Waals surface area (Å²) in [5.41, 5.74) is 1.74. The van der Waals surface area contributed by atoms with Crippen molar-refractivity contribution in [1.29, 1.82) is 0 Å². The maximum Gasteiger partial charge on any atom is 0.221 e. The third-order valence-electron chi connectivity index (χ3n) is 3.07. The molecule has 0 heterocycles. The Kier molecular flexibility index (Phi) is 5.42. The number of hydrogen-bond acceptors (Lipinski definition) is 3. The molecule has 0 spiro atoms. The number of aliphatic hydroxyl groups excluding tert-OH is 1. The highest BCUT2D eigenvalue weighted by Crippen LogP contribution is 2.34. The van der Waals surface area contributed by atoms with Gasteiger partial charge >= 0.3 is 0 Å². The number of carbonyl (C=O) groups is 1. The number of benzene rings is 2. The molecule has 21 heavy (non-hydrogen) atoms. The largest absolute Gasteiger partial charge is 0.388 e. The van der Waals surface area contributed by atoms with E-state index in [1.807, 2.05) is 55.5 Å². The number of rotatable bonds is 5. The van der Waals surface area contributed by atoms with Gasteiger partial charge in [-0.2, -0.15) is 0 Å². The second kappa shape index (κ2) is 7.29. The molecular weight excluding hydrogens is 282 g/mol. The predicted octanol–water partition coefficient (Wildman–Crippen LogP) is 4.24. The number of nitrogens with one attached hydrogen (secondary N) is 1. The fourth-order valence-electron chi connectivity index (χ4n) is 2.01. The Bertz CT molecular complexity index is 610. The first-order chi connectivity index (χ1) is 10.1. The molecule has 2 rings (SSSR count). The van der Waals surface area contributed by atoms with Crippen molar-refractivity contribution in [2.45, 2.75) is 36.2 Å². The van der Waals surface area contributed by atoms with E-state index >= 15 is 0 Å². The van der Waals surface area contributed by atoms with Gasteiger partial charge in [-0.25, -0.2) is 0 Å². The molecule has 1 amide bonds. The van der Waals surface area contributed by atoms with E-state index in [-0.39, 0.29) is 5.91 Å². The van der Waals surface area contributed by atoms with Crippen molar-refractivity contribution in [2.75, 3.05) is 5.32 Å². The van der Waals surface area contributed by atoms with E-state index in [4.69, 9.17) is 0 Å². The average molecular weight is 301 g/mol. The van der Waals surface area contributed by atoms with Gasteiger partial charge in [0.25, 0.3) is 0 Å². The first-order valence-electron chi connectivity index (χ1n) is 6.92. The highest BCUT2D eigenvalue weighted by atomic mass is 32.2. The molecule has 0 fully saturated rings. The van der Waals surface area contributed by atoms with E-state index < -0.39 is 6.10 Å². The van der Waals surface area contributed by atoms with Gasteiger partial charge in [0.2, 0.25) is 5.91 Å². The van der Waals surface area contributed by atoms with Crippen LogP contribution in [0, 0.1) is 0 Å². The molecule has 4 heteroatoms. The monoisotopic (exact) mass is 301 g/mol. The molecular formula is C17H19NO2S. The summed E-state index contributed by atoms with van der Waals surface area (Å²) in [6, 6.07) is 15.6. The maximum atomic E-state index is 11.0. The van der Waals surface area contributed by atoms with Gasteiger partial charge in [0, 0.05) is 22.4 Å². The van der Waals surface area contributed by atoms with Gasteiger partial charge in [-0.05, 0) is 42.3 Å². The summed E-state index contributed by atoms with van der Waals surface area (Å²) < 4.78 is 0. The van der Waals surface area contributed by atoms with E-state index in [1.54, 1.807) is 11.8 Å². The maximum absolute atomic E-state index is 11.0. The Morgan fingerprint density at radius 3 is 2.48 bits per heavy atom. The Balaban J connectivity index is 2.16. The standard InChI is InChI=1S/C17H19NO2S/c1-3-16(20)15-6-4-5-7-17(15)21-14-10-8-13(9-11-14)18-12(2)19/h4-11,16,20H,3H2,1-2H3,(H,18,19). The molecule has 3 nitrogen and oxygen atoms in total. The minimum absolute atomic E-state index is 0.0770. The summed E-state index contributed by atoms with van der Waals surface area (Å²) >= 11 is 1.61. The van der Waals surface area contributed by atoms with E-state index in [2.05, 4.69) is 5.32 Å². The topological polar surface area (TPSA) is 49.3 Å². The SMILES string of the molecule is CCC(O)c1ccccc1Sc1ccc(NC(C)=O)cc1. The summed E-state index contributed by atoms with van der Waals surface area (Å²) in [6.45, 7) is 3.46. The molecule has 2 aromatic rings. The zero-order valence-electron chi connectivity index (χ0n) is 12.2. The lowest BCUT2D eigenvalue weighted by atomic mass is 10.1. The van der Waals surface area contributed by atoms with Crippen LogP contribution in [0.2, 0.25) is 0 Å². The van der Waals surface area contributed by atoms with Crippen LogP contribution in [0.15, 0.2) is 58.3 Å². The molecule has 0 aliphatic rings. The van der Waals surface area contributed by atoms with Crippen molar-refractivity contribution in [3.8, 4) is 0 Å². The molecule has 1 atom stereocenters. The predicted molar refractivity (Wildman–Crippen MR) is 86.6 cm³/mol. The second-order valence-electron chi connectivity index (χ2n) is 4.77. The highest BCUT2D eigenvalue weighted by Gasteiger charge is 2.11. The van der Waals surface area contributed by atoms with E-state index in [9.17, 15) is 9.90 Å². The minimum atomic E-state index is -0.438. The van der Waals surface area contributed by atoms with Gasteiger partial charge in [-0.1, -0.05) is 36.9 Å². The van der Waals surface area contributed by atoms with Crippen molar-refractivity contribution in [3.63, 3.8) is 0 Å². The number of amides is 1. The van der Waals surface area contributed by atoms with Gasteiger partial charge in [0.05, 0.1) is 6.10 Å². The molecule has 0 radical (unpaired) electrons. The number of carbonyl (C=O) groups excluding carboxylic acids is 1. The Hall–Kier alpha value is -1.78. The van der Waals surface area contributed by atoms with Gasteiger partial charge < -0.3 is 10.4 Å². The third-order valence-corrected chi connectivity index (χ3v) is 4.17. The van der Waals surface area contributed by atoms with Crippen molar-refractivity contribution >= 4 is 23.4 Å². The average Bonchev–Trinajstić information content (AvgIpc) is 2.48. The molecule has 2 aromatic carbocycles. The molecule has 0 aliphatic heterocycles. The van der Waals surface area contributed by atoms with E-state index in [0.29, 0.717) is 6.42 Å². The van der Waals surface area contributed by atoms with Crippen molar-refractivity contribution in [2.24, 2.45) is 0 Å². The van der Waals surface area contributed by atoms with Crippen LogP contribution >= 0.6 is 11.8 Å². The van der Waals surface area contributed by atoms with Crippen molar-refractivity contribution in [3.05, 3.63) is 54.1 Å². The summed E-state index contributed by atoms with van der Waals surface area (Å²) in [7, 11) is 0. The molecule has 110 valence electrons. The van der Waals surface area contributed by atoms with Crippen molar-refractivity contribution in [1.82, 2.24) is 0 Å². The van der Waals surface area contributed by atoms with Crippen LogP contribution in [0.25, 0.3) is 0 Å². The lowest BCUT2D eigenvalue weighted by Crippen LogP contribution is -2.05. The molecule has 1 unspecified atom stereocenters. The normalized spacial score (nSPS) is 12.0. The van der Waals surface area contributed by atoms with Gasteiger partial charge in [0.1, 0.15) is 0 Å². The number of anilines is 1. The van der Waals surface area contributed by atoms with Gasteiger partial charge in [-0.15, -0.1) is 0 Å². The zero-order chi connectivity index (χ0) is 15.2. The summed E-state index contributed by atoms with van der Waals surface area (Å²) in [4.78, 5) is 13.1.